The Balaban J connectivity index is 1.79. The van der Waals surface area contributed by atoms with Crippen molar-refractivity contribution in [2.24, 2.45) is 0 Å². The first-order valence-electron chi connectivity index (χ1n) is 8.96. The van der Waals surface area contributed by atoms with Gasteiger partial charge in [-0.3, -0.25) is 0 Å². The molecule has 0 aliphatic rings. The van der Waals surface area contributed by atoms with Gasteiger partial charge in [-0.1, -0.05) is 0 Å². The van der Waals surface area contributed by atoms with Gasteiger partial charge in [-0.2, -0.15) is 0 Å². The van der Waals surface area contributed by atoms with Crippen LogP contribution >= 0.6 is 0 Å². The first-order chi connectivity index (χ1) is 11.4. The number of hydrogen-bond donors (Lipinski definition) is 0. The third-order valence-corrected chi connectivity index (χ3v) is 7.07. The van der Waals surface area contributed by atoms with Crippen LogP contribution in [0.15, 0.2) is 54.6 Å². The molecule has 120 valence electrons. The first kappa shape index (κ1) is 16.6. The molecule has 23 heavy (non-hydrogen) atoms. The van der Waals surface area contributed by atoms with Crippen LogP contribution in [0.5, 0.6) is 0 Å². The molecule has 0 unspecified atom stereocenters. The molecule has 0 atom stereocenters. The Labute approximate surface area is 146 Å². The predicted molar refractivity (Wildman–Crippen MR) is 103 cm³/mol. The molecule has 1 heterocycles. The van der Waals surface area contributed by atoms with E-state index < -0.39 is 0 Å². The van der Waals surface area contributed by atoms with Crippen molar-refractivity contribution in [2.45, 2.75) is 51.9 Å². The van der Waals surface area contributed by atoms with Crippen LogP contribution < -0.4 is 0 Å². The summed E-state index contributed by atoms with van der Waals surface area (Å²) in [6, 6.07) is 20.0. The Morgan fingerprint density at radius 2 is 1.43 bits per heavy atom. The molecular weight excluding hydrogens is 343 g/mol. The van der Waals surface area contributed by atoms with Crippen molar-refractivity contribution in [3.8, 4) is 11.1 Å². The van der Waals surface area contributed by atoms with Gasteiger partial charge in [-0.15, -0.1) is 0 Å². The van der Waals surface area contributed by atoms with Gasteiger partial charge >= 0.3 is 146 Å². The van der Waals surface area contributed by atoms with Crippen LogP contribution in [0.1, 0.15) is 49.9 Å². The van der Waals surface area contributed by atoms with Gasteiger partial charge in [0.25, 0.3) is 0 Å². The topological polar surface area (TPSA) is 0 Å². The van der Waals surface area contributed by atoms with Crippen LogP contribution in [0.3, 0.4) is 0 Å². The molecule has 0 amide bonds. The zero-order chi connectivity index (χ0) is 15.9. The normalized spacial score (nSPS) is 11.2. The van der Waals surface area contributed by atoms with E-state index in [0.717, 1.165) is 0 Å². The number of aryl methyl sites for hydroxylation is 1. The van der Waals surface area contributed by atoms with E-state index in [4.69, 9.17) is 0 Å². The Hall–Kier alpha value is -1.30. The van der Waals surface area contributed by atoms with Crippen molar-refractivity contribution < 1.29 is 0 Å². The fourth-order valence-corrected chi connectivity index (χ4v) is 5.92. The monoisotopic (exact) mass is 370 g/mol. The molecule has 3 rings (SSSR count). The summed E-state index contributed by atoms with van der Waals surface area (Å²) in [4.78, 5) is 0. The molecule has 1 heteroatoms. The Bertz CT molecular complexity index is 724. The van der Waals surface area contributed by atoms with Gasteiger partial charge in [0.2, 0.25) is 0 Å². The van der Waals surface area contributed by atoms with Gasteiger partial charge in [-0.25, -0.2) is 0 Å². The SMILES string of the molecule is CCCCCCCCc1[se]c2ccccc2c1-c1ccccc1. The zero-order valence-electron chi connectivity index (χ0n) is 14.1. The second-order valence-corrected chi connectivity index (χ2v) is 8.67. The summed E-state index contributed by atoms with van der Waals surface area (Å²) in [5.74, 6) is 0. The fraction of sp³-hybridized carbons (Fsp3) is 0.364. The van der Waals surface area contributed by atoms with Crippen molar-refractivity contribution in [1.29, 1.82) is 0 Å². The molecule has 0 saturated heterocycles. The average molecular weight is 369 g/mol. The van der Waals surface area contributed by atoms with Crippen molar-refractivity contribution in [1.82, 2.24) is 0 Å². The van der Waals surface area contributed by atoms with Gasteiger partial charge < -0.3 is 0 Å². The van der Waals surface area contributed by atoms with E-state index in [-0.39, 0.29) is 0 Å². The van der Waals surface area contributed by atoms with E-state index in [1.165, 1.54) is 61.5 Å². The summed E-state index contributed by atoms with van der Waals surface area (Å²) in [6.07, 6.45) is 9.57. The predicted octanol–water partition coefficient (Wildman–Crippen LogP) is 6.47. The van der Waals surface area contributed by atoms with Gasteiger partial charge in [0, 0.05) is 0 Å². The number of rotatable bonds is 8. The van der Waals surface area contributed by atoms with Crippen LogP contribution in [0.2, 0.25) is 0 Å². The van der Waals surface area contributed by atoms with Crippen LogP contribution in [-0.4, -0.2) is 14.5 Å². The summed E-state index contributed by atoms with van der Waals surface area (Å²) in [7, 11) is 0. The molecule has 0 bridgehead atoms. The molecule has 3 aromatic rings. The molecule has 0 spiro atoms. The Morgan fingerprint density at radius 1 is 0.739 bits per heavy atom. The Kier molecular flexibility index (Phi) is 6.13. The molecule has 0 radical (unpaired) electrons. The maximum atomic E-state index is 2.33. The number of hydrogen-bond acceptors (Lipinski definition) is 0. The molecule has 0 N–H and O–H groups in total. The van der Waals surface area contributed by atoms with Gasteiger partial charge in [-0.05, 0) is 0 Å². The van der Waals surface area contributed by atoms with E-state index >= 15 is 0 Å². The van der Waals surface area contributed by atoms with Crippen molar-refractivity contribution in [2.75, 3.05) is 0 Å². The summed E-state index contributed by atoms with van der Waals surface area (Å²) in [6.45, 7) is 2.29. The summed E-state index contributed by atoms with van der Waals surface area (Å²) < 4.78 is 3.28. The summed E-state index contributed by atoms with van der Waals surface area (Å²) >= 11 is 0.519. The van der Waals surface area contributed by atoms with Crippen LogP contribution in [-0.2, 0) is 6.42 Å². The molecule has 0 aliphatic carbocycles. The summed E-state index contributed by atoms with van der Waals surface area (Å²) in [5.41, 5.74) is 2.94. The fourth-order valence-electron chi connectivity index (χ4n) is 3.26. The maximum absolute atomic E-state index is 2.33. The van der Waals surface area contributed by atoms with Crippen molar-refractivity contribution >= 4 is 24.1 Å². The van der Waals surface area contributed by atoms with E-state index in [0.29, 0.717) is 14.5 Å². The van der Waals surface area contributed by atoms with Gasteiger partial charge in [0.15, 0.2) is 0 Å². The van der Waals surface area contributed by atoms with Crippen LogP contribution in [0, 0.1) is 0 Å². The summed E-state index contributed by atoms with van der Waals surface area (Å²) in [5, 5.41) is 1.49. The second-order valence-electron chi connectivity index (χ2n) is 6.28. The van der Waals surface area contributed by atoms with E-state index in [9.17, 15) is 0 Å². The van der Waals surface area contributed by atoms with Crippen molar-refractivity contribution in [3.05, 3.63) is 59.0 Å². The van der Waals surface area contributed by atoms with Crippen LogP contribution in [0.4, 0.5) is 0 Å². The van der Waals surface area contributed by atoms with Crippen LogP contribution in [0.25, 0.3) is 20.8 Å². The quantitative estimate of drug-likeness (QED) is 0.315. The molecule has 0 saturated carbocycles. The minimum atomic E-state index is 0.519. The van der Waals surface area contributed by atoms with Gasteiger partial charge in [0.1, 0.15) is 0 Å². The molecule has 0 aliphatic heterocycles. The van der Waals surface area contributed by atoms with E-state index in [1.54, 1.807) is 8.70 Å². The van der Waals surface area contributed by atoms with Crippen molar-refractivity contribution in [3.63, 3.8) is 0 Å². The third kappa shape index (κ3) is 4.16. The zero-order valence-corrected chi connectivity index (χ0v) is 15.8. The second kappa shape index (κ2) is 8.52. The Morgan fingerprint density at radius 3 is 2.26 bits per heavy atom. The number of benzene rings is 2. The molecule has 0 nitrogen and oxygen atoms in total. The standard InChI is InChI=1S/C22H26Se/c1-2-3-4-5-6-10-17-21-22(18-13-8-7-9-14-18)19-15-11-12-16-20(19)23-21/h7-9,11-16H,2-6,10,17H2,1H3. The molecule has 2 aromatic carbocycles. The third-order valence-electron chi connectivity index (χ3n) is 4.49. The molecule has 0 fully saturated rings. The van der Waals surface area contributed by atoms with Gasteiger partial charge in [0.05, 0.1) is 0 Å². The average Bonchev–Trinajstić information content (AvgIpc) is 2.97. The van der Waals surface area contributed by atoms with E-state index in [2.05, 4.69) is 61.5 Å². The minimum absolute atomic E-state index is 0.519. The first-order valence-corrected chi connectivity index (χ1v) is 10.7. The number of fused-ring (bicyclic) bond motifs is 1. The molecule has 1 aromatic heterocycles. The number of unbranched alkanes of at least 4 members (excludes halogenated alkanes) is 5. The van der Waals surface area contributed by atoms with E-state index in [1.807, 2.05) is 0 Å². The molecular formula is C22H26Se.